The normalized spacial score (nSPS) is 10.5. The zero-order valence-electron chi connectivity index (χ0n) is 11.5. The first kappa shape index (κ1) is 13.5. The summed E-state index contributed by atoms with van der Waals surface area (Å²) in [5.41, 5.74) is 9.33. The predicted octanol–water partition coefficient (Wildman–Crippen LogP) is 2.80. The Hall–Kier alpha value is -1.94. The molecule has 100 valence electrons. The summed E-state index contributed by atoms with van der Waals surface area (Å²) < 4.78 is 0. The third kappa shape index (κ3) is 3.09. The zero-order chi connectivity index (χ0) is 13.7. The highest BCUT2D eigenvalue weighted by Gasteiger charge is 2.07. The summed E-state index contributed by atoms with van der Waals surface area (Å²) in [6.07, 6.45) is 3.72. The van der Waals surface area contributed by atoms with Crippen LogP contribution in [0.1, 0.15) is 30.8 Å². The molecule has 0 unspecified atom stereocenters. The number of para-hydroxylation sites is 1. The van der Waals surface area contributed by atoms with Crippen molar-refractivity contribution in [2.45, 2.75) is 33.2 Å². The molecule has 0 atom stereocenters. The Morgan fingerprint density at radius 2 is 1.79 bits per heavy atom. The fourth-order valence-electron chi connectivity index (χ4n) is 2.10. The van der Waals surface area contributed by atoms with Gasteiger partial charge in [-0.25, -0.2) is 9.97 Å². The van der Waals surface area contributed by atoms with E-state index in [0.717, 1.165) is 24.3 Å². The Morgan fingerprint density at radius 1 is 1.11 bits per heavy atom. The maximum atomic E-state index is 5.57. The quantitative estimate of drug-likeness (QED) is 0.863. The smallest absolute Gasteiger partial charge is 0.144 e. The molecule has 2 rings (SSSR count). The molecule has 0 aliphatic rings. The van der Waals surface area contributed by atoms with Gasteiger partial charge < -0.3 is 11.1 Å². The largest absolute Gasteiger partial charge is 0.340 e. The van der Waals surface area contributed by atoms with Crippen LogP contribution in [-0.4, -0.2) is 9.97 Å². The Kier molecular flexibility index (Phi) is 4.47. The summed E-state index contributed by atoms with van der Waals surface area (Å²) in [7, 11) is 0. The molecule has 19 heavy (non-hydrogen) atoms. The van der Waals surface area contributed by atoms with Gasteiger partial charge in [-0.15, -0.1) is 0 Å². The number of nitrogens with two attached hydrogens (primary N) is 1. The van der Waals surface area contributed by atoms with E-state index in [2.05, 4.69) is 47.3 Å². The standard InChI is InChI=1S/C15H20N4/c1-3-11-6-5-7-12(4-2)15(11)19-13-8-9-17-14(10-16)18-13/h5-9H,3-4,10,16H2,1-2H3,(H,17,18,19). The van der Waals surface area contributed by atoms with Gasteiger partial charge in [0.2, 0.25) is 0 Å². The van der Waals surface area contributed by atoms with E-state index in [1.165, 1.54) is 11.1 Å². The summed E-state index contributed by atoms with van der Waals surface area (Å²) in [6.45, 7) is 4.67. The number of anilines is 2. The van der Waals surface area contributed by atoms with E-state index in [9.17, 15) is 0 Å². The maximum Gasteiger partial charge on any atom is 0.144 e. The van der Waals surface area contributed by atoms with Crippen molar-refractivity contribution in [3.05, 3.63) is 47.4 Å². The molecule has 1 aromatic heterocycles. The third-order valence-electron chi connectivity index (χ3n) is 3.14. The van der Waals surface area contributed by atoms with Crippen LogP contribution in [0.2, 0.25) is 0 Å². The molecule has 1 heterocycles. The number of nitrogens with zero attached hydrogens (tertiary/aromatic N) is 2. The highest BCUT2D eigenvalue weighted by Crippen LogP contribution is 2.25. The van der Waals surface area contributed by atoms with Crippen LogP contribution in [0.15, 0.2) is 30.5 Å². The molecule has 0 saturated carbocycles. The van der Waals surface area contributed by atoms with E-state index in [-0.39, 0.29) is 0 Å². The number of nitrogens with one attached hydrogen (secondary N) is 1. The average Bonchev–Trinajstić information content (AvgIpc) is 2.47. The average molecular weight is 256 g/mol. The van der Waals surface area contributed by atoms with Crippen molar-refractivity contribution in [2.75, 3.05) is 5.32 Å². The van der Waals surface area contributed by atoms with Crippen molar-refractivity contribution in [1.29, 1.82) is 0 Å². The summed E-state index contributed by atoms with van der Waals surface area (Å²) in [4.78, 5) is 8.50. The molecule has 4 heteroatoms. The molecule has 3 N–H and O–H groups in total. The van der Waals surface area contributed by atoms with E-state index in [0.29, 0.717) is 12.4 Å². The molecule has 4 nitrogen and oxygen atoms in total. The minimum atomic E-state index is 0.353. The summed E-state index contributed by atoms with van der Waals surface area (Å²) in [5.74, 6) is 1.45. The Balaban J connectivity index is 2.36. The van der Waals surface area contributed by atoms with Gasteiger partial charge in [0.1, 0.15) is 11.6 Å². The summed E-state index contributed by atoms with van der Waals surface area (Å²) >= 11 is 0. The van der Waals surface area contributed by atoms with E-state index in [1.807, 2.05) is 6.07 Å². The summed E-state index contributed by atoms with van der Waals surface area (Å²) in [5, 5.41) is 3.41. The SMILES string of the molecule is CCc1cccc(CC)c1Nc1ccnc(CN)n1. The molecule has 1 aromatic carbocycles. The van der Waals surface area contributed by atoms with Gasteiger partial charge in [-0.3, -0.25) is 0 Å². The van der Waals surface area contributed by atoms with Crippen molar-refractivity contribution in [3.63, 3.8) is 0 Å². The fraction of sp³-hybridized carbons (Fsp3) is 0.333. The van der Waals surface area contributed by atoms with Gasteiger partial charge in [-0.2, -0.15) is 0 Å². The minimum absolute atomic E-state index is 0.353. The first-order chi connectivity index (χ1) is 9.28. The van der Waals surface area contributed by atoms with Gasteiger partial charge in [-0.1, -0.05) is 32.0 Å². The number of aryl methyl sites for hydroxylation is 2. The Morgan fingerprint density at radius 3 is 2.37 bits per heavy atom. The van der Waals surface area contributed by atoms with Gasteiger partial charge in [0, 0.05) is 11.9 Å². The first-order valence-electron chi connectivity index (χ1n) is 6.68. The lowest BCUT2D eigenvalue weighted by Gasteiger charge is -2.15. The second kappa shape index (κ2) is 6.29. The lowest BCUT2D eigenvalue weighted by molar-refractivity contribution is 0.911. The van der Waals surface area contributed by atoms with Crippen LogP contribution in [0.4, 0.5) is 11.5 Å². The highest BCUT2D eigenvalue weighted by molar-refractivity contribution is 5.65. The lowest BCUT2D eigenvalue weighted by atomic mass is 10.0. The van der Waals surface area contributed by atoms with Crippen molar-refractivity contribution in [3.8, 4) is 0 Å². The molecule has 0 amide bonds. The van der Waals surface area contributed by atoms with E-state index < -0.39 is 0 Å². The van der Waals surface area contributed by atoms with Crippen LogP contribution in [-0.2, 0) is 19.4 Å². The van der Waals surface area contributed by atoms with Crippen molar-refractivity contribution in [1.82, 2.24) is 9.97 Å². The van der Waals surface area contributed by atoms with Crippen LogP contribution < -0.4 is 11.1 Å². The van der Waals surface area contributed by atoms with Gasteiger partial charge in [-0.05, 0) is 30.0 Å². The molecular weight excluding hydrogens is 236 g/mol. The van der Waals surface area contributed by atoms with Gasteiger partial charge in [0.05, 0.1) is 6.54 Å². The fourth-order valence-corrected chi connectivity index (χ4v) is 2.10. The number of benzene rings is 1. The molecule has 0 aliphatic heterocycles. The molecule has 0 fully saturated rings. The van der Waals surface area contributed by atoms with E-state index in [1.54, 1.807) is 6.20 Å². The number of aromatic nitrogens is 2. The van der Waals surface area contributed by atoms with Crippen molar-refractivity contribution >= 4 is 11.5 Å². The monoisotopic (exact) mass is 256 g/mol. The molecule has 0 aliphatic carbocycles. The zero-order valence-corrected chi connectivity index (χ0v) is 11.5. The van der Waals surface area contributed by atoms with Crippen LogP contribution in [0.25, 0.3) is 0 Å². The van der Waals surface area contributed by atoms with E-state index in [4.69, 9.17) is 5.73 Å². The van der Waals surface area contributed by atoms with Gasteiger partial charge >= 0.3 is 0 Å². The van der Waals surface area contributed by atoms with Crippen LogP contribution >= 0.6 is 0 Å². The molecular formula is C15H20N4. The second-order valence-electron chi connectivity index (χ2n) is 4.35. The minimum Gasteiger partial charge on any atom is -0.340 e. The van der Waals surface area contributed by atoms with Crippen molar-refractivity contribution < 1.29 is 0 Å². The first-order valence-corrected chi connectivity index (χ1v) is 6.68. The number of hydrogen-bond donors (Lipinski definition) is 2. The Bertz CT molecular complexity index is 529. The van der Waals surface area contributed by atoms with Crippen LogP contribution in [0.3, 0.4) is 0 Å². The maximum absolute atomic E-state index is 5.57. The highest BCUT2D eigenvalue weighted by atomic mass is 15.0. The lowest BCUT2D eigenvalue weighted by Crippen LogP contribution is -2.06. The van der Waals surface area contributed by atoms with Gasteiger partial charge in [0.25, 0.3) is 0 Å². The molecule has 2 aromatic rings. The number of hydrogen-bond acceptors (Lipinski definition) is 4. The summed E-state index contributed by atoms with van der Waals surface area (Å²) in [6, 6.07) is 8.26. The third-order valence-corrected chi connectivity index (χ3v) is 3.14. The van der Waals surface area contributed by atoms with Crippen LogP contribution in [0.5, 0.6) is 0 Å². The second-order valence-corrected chi connectivity index (χ2v) is 4.35. The molecule has 0 saturated heterocycles. The van der Waals surface area contributed by atoms with E-state index >= 15 is 0 Å². The van der Waals surface area contributed by atoms with Crippen molar-refractivity contribution in [2.24, 2.45) is 5.73 Å². The van der Waals surface area contributed by atoms with Crippen LogP contribution in [0, 0.1) is 0 Å². The number of rotatable bonds is 5. The predicted molar refractivity (Wildman–Crippen MR) is 78.4 cm³/mol. The molecule has 0 radical (unpaired) electrons. The molecule has 0 bridgehead atoms. The topological polar surface area (TPSA) is 63.8 Å². The Labute approximate surface area is 114 Å². The molecule has 0 spiro atoms. The van der Waals surface area contributed by atoms with Gasteiger partial charge in [0.15, 0.2) is 0 Å².